The summed E-state index contributed by atoms with van der Waals surface area (Å²) in [7, 11) is -3.36. The van der Waals surface area contributed by atoms with Gasteiger partial charge in [-0.05, 0) is 74.2 Å². The van der Waals surface area contributed by atoms with Crippen LogP contribution in [0.2, 0.25) is 0 Å². The predicted molar refractivity (Wildman–Crippen MR) is 133 cm³/mol. The van der Waals surface area contributed by atoms with Crippen LogP contribution in [0.4, 0.5) is 15.8 Å². The van der Waals surface area contributed by atoms with Crippen LogP contribution in [0.15, 0.2) is 77.7 Å². The molecular weight excluding hydrogens is 467 g/mol. The molecule has 3 aromatic rings. The molecule has 35 heavy (non-hydrogen) atoms. The minimum absolute atomic E-state index is 0.144. The van der Waals surface area contributed by atoms with E-state index in [1.807, 2.05) is 0 Å². The summed E-state index contributed by atoms with van der Waals surface area (Å²) in [5.41, 5.74) is 1.62. The number of sulfone groups is 1. The maximum Gasteiger partial charge on any atom is 0.251 e. The molecule has 0 spiro atoms. The molecular formula is C27H27FN2O4S. The molecule has 0 heterocycles. The highest BCUT2D eigenvalue weighted by molar-refractivity contribution is 7.91. The topological polar surface area (TPSA) is 83.6 Å². The van der Waals surface area contributed by atoms with Crippen LogP contribution in [0.5, 0.6) is 0 Å². The molecule has 0 bridgehead atoms. The number of amides is 2. The maximum atomic E-state index is 14.1. The third-order valence-corrected chi connectivity index (χ3v) is 7.91. The third kappa shape index (κ3) is 5.77. The molecule has 1 fully saturated rings. The van der Waals surface area contributed by atoms with Gasteiger partial charge in [-0.3, -0.25) is 14.5 Å². The molecule has 182 valence electrons. The lowest BCUT2D eigenvalue weighted by Gasteiger charge is -2.22. The van der Waals surface area contributed by atoms with Crippen molar-refractivity contribution in [3.05, 3.63) is 89.7 Å². The van der Waals surface area contributed by atoms with E-state index in [-0.39, 0.29) is 22.5 Å². The Hall–Kier alpha value is -3.52. The van der Waals surface area contributed by atoms with Gasteiger partial charge in [0.25, 0.3) is 5.91 Å². The van der Waals surface area contributed by atoms with Gasteiger partial charge in [0.1, 0.15) is 5.82 Å². The Labute approximate surface area is 204 Å². The molecule has 0 radical (unpaired) electrons. The summed E-state index contributed by atoms with van der Waals surface area (Å²) in [6.07, 6.45) is 1.89. The molecule has 8 heteroatoms. The summed E-state index contributed by atoms with van der Waals surface area (Å²) in [5, 5.41) is 2.78. The monoisotopic (exact) mass is 494 g/mol. The Balaban J connectivity index is 1.55. The smallest absolute Gasteiger partial charge is 0.251 e. The average Bonchev–Trinajstić information content (AvgIpc) is 3.63. The number of benzene rings is 3. The molecule has 6 nitrogen and oxygen atoms in total. The zero-order valence-electron chi connectivity index (χ0n) is 19.6. The highest BCUT2D eigenvalue weighted by Gasteiger charge is 2.29. The van der Waals surface area contributed by atoms with E-state index in [4.69, 9.17) is 0 Å². The van der Waals surface area contributed by atoms with Crippen LogP contribution < -0.4 is 10.2 Å². The second-order valence-electron chi connectivity index (χ2n) is 8.84. The van der Waals surface area contributed by atoms with Crippen molar-refractivity contribution >= 4 is 33.0 Å². The summed E-state index contributed by atoms with van der Waals surface area (Å²) in [4.78, 5) is 27.0. The van der Waals surface area contributed by atoms with Crippen molar-refractivity contribution in [2.45, 2.75) is 37.6 Å². The fourth-order valence-electron chi connectivity index (χ4n) is 3.98. The number of hydrogen-bond donors (Lipinski definition) is 1. The first kappa shape index (κ1) is 24.6. The molecule has 1 saturated carbocycles. The predicted octanol–water partition coefficient (Wildman–Crippen LogP) is 5.19. The van der Waals surface area contributed by atoms with Gasteiger partial charge in [-0.25, -0.2) is 12.8 Å². The fourth-order valence-corrected chi connectivity index (χ4v) is 5.67. The molecule has 1 aliphatic carbocycles. The molecule has 1 atom stereocenters. The van der Waals surface area contributed by atoms with Gasteiger partial charge in [0.2, 0.25) is 5.91 Å². The number of carbonyl (C=O) groups is 2. The van der Waals surface area contributed by atoms with Crippen LogP contribution in [0, 0.1) is 11.7 Å². The van der Waals surface area contributed by atoms with E-state index < -0.39 is 27.6 Å². The van der Waals surface area contributed by atoms with Gasteiger partial charge in [0.15, 0.2) is 9.84 Å². The van der Waals surface area contributed by atoms with Crippen LogP contribution in [0.3, 0.4) is 0 Å². The number of anilines is 2. The SMILES string of the molecule is CC(=O)N(c1ccc(S(=O)(=O)CC2CC2)cc1)c1cccc(C(=O)N[C@@H](C)c2ccccc2F)c1. The molecule has 2 amide bonds. The van der Waals surface area contributed by atoms with Gasteiger partial charge in [-0.1, -0.05) is 24.3 Å². The van der Waals surface area contributed by atoms with Crippen molar-refractivity contribution in [1.29, 1.82) is 0 Å². The molecule has 0 aliphatic heterocycles. The zero-order valence-corrected chi connectivity index (χ0v) is 20.4. The fraction of sp³-hybridized carbons (Fsp3) is 0.259. The van der Waals surface area contributed by atoms with Gasteiger partial charge < -0.3 is 5.32 Å². The Kier molecular flexibility index (Phi) is 7.03. The standard InChI is InChI=1S/C27H27FN2O4S/c1-18(25-8-3-4-9-26(25)28)29-27(32)21-6-5-7-23(16-21)30(19(2)31)22-12-14-24(15-13-22)35(33,34)17-20-10-11-20/h3-9,12-16,18,20H,10-11,17H2,1-2H3,(H,29,32)/t18-/m0/s1. The molecule has 4 rings (SSSR count). The molecule has 0 unspecified atom stereocenters. The van der Waals surface area contributed by atoms with Gasteiger partial charge in [-0.2, -0.15) is 0 Å². The third-order valence-electron chi connectivity index (χ3n) is 6.01. The van der Waals surface area contributed by atoms with E-state index in [1.165, 1.54) is 30.0 Å². The Morgan fingerprint density at radius 1 is 1.00 bits per heavy atom. The molecule has 1 aliphatic rings. The largest absolute Gasteiger partial charge is 0.345 e. The summed E-state index contributed by atoms with van der Waals surface area (Å²) in [6.45, 7) is 3.09. The summed E-state index contributed by atoms with van der Waals surface area (Å²) < 4.78 is 39.2. The maximum absolute atomic E-state index is 14.1. The second-order valence-corrected chi connectivity index (χ2v) is 10.9. The molecule has 3 aromatic carbocycles. The first-order chi connectivity index (χ1) is 16.7. The first-order valence-electron chi connectivity index (χ1n) is 11.4. The quantitative estimate of drug-likeness (QED) is 0.467. The number of rotatable bonds is 8. The lowest BCUT2D eigenvalue weighted by Crippen LogP contribution is -2.28. The number of nitrogens with zero attached hydrogens (tertiary/aromatic N) is 1. The van der Waals surface area contributed by atoms with Crippen LogP contribution in [-0.4, -0.2) is 26.0 Å². The van der Waals surface area contributed by atoms with Crippen LogP contribution in [0.1, 0.15) is 48.7 Å². The van der Waals surface area contributed by atoms with E-state index in [9.17, 15) is 22.4 Å². The van der Waals surface area contributed by atoms with Crippen LogP contribution in [-0.2, 0) is 14.6 Å². The van der Waals surface area contributed by atoms with Crippen molar-refractivity contribution in [2.75, 3.05) is 10.7 Å². The van der Waals surface area contributed by atoms with E-state index in [1.54, 1.807) is 61.5 Å². The lowest BCUT2D eigenvalue weighted by molar-refractivity contribution is -0.115. The minimum Gasteiger partial charge on any atom is -0.345 e. The minimum atomic E-state index is -3.36. The first-order valence-corrected chi connectivity index (χ1v) is 13.1. The number of carbonyl (C=O) groups excluding carboxylic acids is 2. The van der Waals surface area contributed by atoms with Crippen molar-refractivity contribution in [1.82, 2.24) is 5.32 Å². The normalized spacial score (nSPS) is 14.3. The molecule has 0 aromatic heterocycles. The summed E-state index contributed by atoms with van der Waals surface area (Å²) in [5.74, 6) is -0.725. The lowest BCUT2D eigenvalue weighted by atomic mass is 10.1. The van der Waals surface area contributed by atoms with E-state index in [2.05, 4.69) is 5.32 Å². The van der Waals surface area contributed by atoms with E-state index in [0.717, 1.165) is 12.8 Å². The molecule has 1 N–H and O–H groups in total. The molecule has 0 saturated heterocycles. The number of nitrogens with one attached hydrogen (secondary N) is 1. The van der Waals surface area contributed by atoms with Crippen molar-refractivity contribution in [3.63, 3.8) is 0 Å². The zero-order chi connectivity index (χ0) is 25.2. The average molecular weight is 495 g/mol. The van der Waals surface area contributed by atoms with Crippen molar-refractivity contribution < 1.29 is 22.4 Å². The van der Waals surface area contributed by atoms with Crippen LogP contribution in [0.25, 0.3) is 0 Å². The Bertz CT molecular complexity index is 1350. The number of hydrogen-bond acceptors (Lipinski definition) is 4. The van der Waals surface area contributed by atoms with Gasteiger partial charge in [-0.15, -0.1) is 0 Å². The van der Waals surface area contributed by atoms with Gasteiger partial charge in [0, 0.05) is 29.4 Å². The van der Waals surface area contributed by atoms with Gasteiger partial charge >= 0.3 is 0 Å². The van der Waals surface area contributed by atoms with Gasteiger partial charge in [0.05, 0.1) is 16.7 Å². The highest BCUT2D eigenvalue weighted by Crippen LogP contribution is 2.33. The van der Waals surface area contributed by atoms with Crippen molar-refractivity contribution in [2.24, 2.45) is 5.92 Å². The highest BCUT2D eigenvalue weighted by atomic mass is 32.2. The Morgan fingerprint density at radius 3 is 2.31 bits per heavy atom. The van der Waals surface area contributed by atoms with E-state index >= 15 is 0 Å². The second kappa shape index (κ2) is 10.00. The van der Waals surface area contributed by atoms with Crippen LogP contribution >= 0.6 is 0 Å². The van der Waals surface area contributed by atoms with Crippen molar-refractivity contribution in [3.8, 4) is 0 Å². The number of halogens is 1. The Morgan fingerprint density at radius 2 is 1.69 bits per heavy atom. The summed E-state index contributed by atoms with van der Waals surface area (Å²) >= 11 is 0. The van der Waals surface area contributed by atoms with E-state index in [0.29, 0.717) is 22.5 Å². The summed E-state index contributed by atoms with van der Waals surface area (Å²) in [6, 6.07) is 18.4.